The summed E-state index contributed by atoms with van der Waals surface area (Å²) in [5.74, 6) is -0.302. The van der Waals surface area contributed by atoms with Gasteiger partial charge in [-0.1, -0.05) is 17.7 Å². The van der Waals surface area contributed by atoms with E-state index in [1.54, 1.807) is 17.5 Å². The van der Waals surface area contributed by atoms with Crippen LogP contribution in [0.1, 0.15) is 18.4 Å². The van der Waals surface area contributed by atoms with Crippen LogP contribution in [0, 0.1) is 6.92 Å². The van der Waals surface area contributed by atoms with E-state index in [9.17, 15) is 21.6 Å². The normalized spacial score (nSPS) is 11.7. The maximum absolute atomic E-state index is 12.4. The third-order valence-electron chi connectivity index (χ3n) is 4.59. The number of nitrogens with one attached hydrogen (secondary N) is 2. The van der Waals surface area contributed by atoms with Gasteiger partial charge in [0.1, 0.15) is 0 Å². The van der Waals surface area contributed by atoms with Crippen molar-refractivity contribution in [2.24, 2.45) is 0 Å². The largest absolute Gasteiger partial charge is 0.326 e. The van der Waals surface area contributed by atoms with E-state index in [0.717, 1.165) is 11.8 Å². The molecule has 0 saturated heterocycles. The number of thiazole rings is 1. The second kappa shape index (κ2) is 10.3. The first-order valence-electron chi connectivity index (χ1n) is 9.91. The molecule has 0 unspecified atom stereocenters. The molecular formula is C21H24N4O5S3. The number of rotatable bonds is 10. The van der Waals surface area contributed by atoms with Crippen molar-refractivity contribution in [3.63, 3.8) is 0 Å². The minimum absolute atomic E-state index is 0.0394. The van der Waals surface area contributed by atoms with Gasteiger partial charge in [-0.3, -0.25) is 13.8 Å². The molecule has 0 bridgehead atoms. The van der Waals surface area contributed by atoms with Crippen LogP contribution in [-0.2, 0) is 24.8 Å². The predicted octanol–water partition coefficient (Wildman–Crippen LogP) is 3.44. The molecule has 0 fully saturated rings. The molecule has 176 valence electrons. The number of aromatic nitrogens is 1. The lowest BCUT2D eigenvalue weighted by molar-refractivity contribution is -0.116. The van der Waals surface area contributed by atoms with Crippen molar-refractivity contribution in [1.29, 1.82) is 0 Å². The van der Waals surface area contributed by atoms with E-state index in [2.05, 4.69) is 15.0 Å². The topological polar surface area (TPSA) is 126 Å². The van der Waals surface area contributed by atoms with Gasteiger partial charge < -0.3 is 5.32 Å². The summed E-state index contributed by atoms with van der Waals surface area (Å²) in [6, 6.07) is 12.9. The summed E-state index contributed by atoms with van der Waals surface area (Å²) in [6.07, 6.45) is 3.05. The Labute approximate surface area is 197 Å². The molecule has 1 amide bonds. The number of hydrogen-bond acceptors (Lipinski definition) is 7. The van der Waals surface area contributed by atoms with Gasteiger partial charge in [0.2, 0.25) is 15.9 Å². The minimum atomic E-state index is -3.77. The smallest absolute Gasteiger partial charge is 0.263 e. The standard InChI is InChI=1S/C21H24N4O5S3/c1-16-5-9-18(10-6-16)25(32(2,27)28)14-3-4-20(26)23-17-7-11-19(12-8-17)33(29,30)24-21-22-13-15-31-21/h5-13,15H,3-4,14H2,1-2H3,(H,22,24)(H,23,26). The summed E-state index contributed by atoms with van der Waals surface area (Å²) >= 11 is 1.17. The average molecular weight is 509 g/mol. The molecule has 12 heteroatoms. The van der Waals surface area contributed by atoms with Crippen molar-refractivity contribution in [1.82, 2.24) is 4.98 Å². The van der Waals surface area contributed by atoms with Crippen molar-refractivity contribution < 1.29 is 21.6 Å². The van der Waals surface area contributed by atoms with Gasteiger partial charge in [0.05, 0.1) is 16.8 Å². The Bertz CT molecular complexity index is 1290. The molecule has 0 aliphatic carbocycles. The molecule has 1 heterocycles. The molecule has 3 aromatic rings. The molecule has 3 rings (SSSR count). The predicted molar refractivity (Wildman–Crippen MR) is 131 cm³/mol. The Kier molecular flexibility index (Phi) is 7.72. The molecule has 0 spiro atoms. The average Bonchev–Trinajstić information content (AvgIpc) is 3.24. The maximum Gasteiger partial charge on any atom is 0.263 e. The van der Waals surface area contributed by atoms with Gasteiger partial charge >= 0.3 is 0 Å². The molecule has 0 aliphatic rings. The zero-order valence-electron chi connectivity index (χ0n) is 18.1. The van der Waals surface area contributed by atoms with Crippen molar-refractivity contribution in [3.8, 4) is 0 Å². The van der Waals surface area contributed by atoms with Crippen LogP contribution in [0.2, 0.25) is 0 Å². The number of carbonyl (C=O) groups excluding carboxylic acids is 1. The number of amides is 1. The lowest BCUT2D eigenvalue weighted by atomic mass is 10.2. The number of nitrogens with zero attached hydrogens (tertiary/aromatic N) is 2. The molecule has 0 radical (unpaired) electrons. The van der Waals surface area contributed by atoms with Crippen LogP contribution in [0.5, 0.6) is 0 Å². The first-order chi connectivity index (χ1) is 15.5. The van der Waals surface area contributed by atoms with Crippen LogP contribution in [-0.4, -0.2) is 40.5 Å². The fraction of sp³-hybridized carbons (Fsp3) is 0.238. The van der Waals surface area contributed by atoms with E-state index in [1.165, 1.54) is 46.1 Å². The van der Waals surface area contributed by atoms with E-state index in [1.807, 2.05) is 19.1 Å². The van der Waals surface area contributed by atoms with Crippen LogP contribution < -0.4 is 14.3 Å². The zero-order valence-corrected chi connectivity index (χ0v) is 20.5. The highest BCUT2D eigenvalue weighted by Gasteiger charge is 2.18. The van der Waals surface area contributed by atoms with E-state index < -0.39 is 20.0 Å². The Balaban J connectivity index is 1.55. The second-order valence-corrected chi connectivity index (χ2v) is 11.8. The van der Waals surface area contributed by atoms with Gasteiger partial charge in [0, 0.05) is 30.2 Å². The zero-order chi connectivity index (χ0) is 24.1. The van der Waals surface area contributed by atoms with Gasteiger partial charge in [-0.25, -0.2) is 21.8 Å². The Morgan fingerprint density at radius 1 is 1.03 bits per heavy atom. The molecule has 0 atom stereocenters. The van der Waals surface area contributed by atoms with Crippen molar-refractivity contribution >= 4 is 53.8 Å². The molecule has 0 saturated carbocycles. The quantitative estimate of drug-likeness (QED) is 0.432. The first-order valence-corrected chi connectivity index (χ1v) is 14.1. The third kappa shape index (κ3) is 7.01. The van der Waals surface area contributed by atoms with Gasteiger partial charge in [0.25, 0.3) is 10.0 Å². The highest BCUT2D eigenvalue weighted by Crippen LogP contribution is 2.21. The highest BCUT2D eigenvalue weighted by molar-refractivity contribution is 7.93. The van der Waals surface area contributed by atoms with Crippen LogP contribution in [0.4, 0.5) is 16.5 Å². The number of hydrogen-bond donors (Lipinski definition) is 2. The van der Waals surface area contributed by atoms with Crippen LogP contribution in [0.3, 0.4) is 0 Å². The Hall–Kier alpha value is -2.96. The molecule has 2 N–H and O–H groups in total. The van der Waals surface area contributed by atoms with Gasteiger partial charge in [-0.2, -0.15) is 0 Å². The number of benzene rings is 2. The van der Waals surface area contributed by atoms with Crippen LogP contribution in [0.25, 0.3) is 0 Å². The second-order valence-electron chi connectivity index (χ2n) is 7.29. The highest BCUT2D eigenvalue weighted by atomic mass is 32.2. The summed E-state index contributed by atoms with van der Waals surface area (Å²) in [7, 11) is -7.26. The lowest BCUT2D eigenvalue weighted by Gasteiger charge is -2.22. The van der Waals surface area contributed by atoms with Crippen molar-refractivity contribution in [2.45, 2.75) is 24.7 Å². The Morgan fingerprint density at radius 2 is 1.70 bits per heavy atom. The van der Waals surface area contributed by atoms with E-state index in [-0.39, 0.29) is 28.9 Å². The number of aryl methyl sites for hydroxylation is 1. The van der Waals surface area contributed by atoms with E-state index >= 15 is 0 Å². The SMILES string of the molecule is Cc1ccc(N(CCCC(=O)Nc2ccc(S(=O)(=O)Nc3nccs3)cc2)S(C)(=O)=O)cc1. The van der Waals surface area contributed by atoms with Gasteiger partial charge in [0.15, 0.2) is 5.13 Å². The fourth-order valence-electron chi connectivity index (χ4n) is 2.97. The first kappa shape index (κ1) is 24.7. The Morgan fingerprint density at radius 3 is 2.27 bits per heavy atom. The number of sulfonamides is 2. The lowest BCUT2D eigenvalue weighted by Crippen LogP contribution is -2.31. The van der Waals surface area contributed by atoms with Gasteiger partial charge in [-0.15, -0.1) is 11.3 Å². The van der Waals surface area contributed by atoms with Crippen LogP contribution >= 0.6 is 11.3 Å². The number of anilines is 3. The van der Waals surface area contributed by atoms with E-state index in [4.69, 9.17) is 0 Å². The summed E-state index contributed by atoms with van der Waals surface area (Å²) in [5, 5.41) is 4.62. The van der Waals surface area contributed by atoms with Crippen molar-refractivity contribution in [3.05, 3.63) is 65.7 Å². The summed E-state index contributed by atoms with van der Waals surface area (Å²) in [4.78, 5) is 16.2. The van der Waals surface area contributed by atoms with E-state index in [0.29, 0.717) is 17.8 Å². The molecule has 33 heavy (non-hydrogen) atoms. The summed E-state index contributed by atoms with van der Waals surface area (Å²) in [6.45, 7) is 2.08. The summed E-state index contributed by atoms with van der Waals surface area (Å²) < 4.78 is 52.7. The molecule has 2 aromatic carbocycles. The van der Waals surface area contributed by atoms with Crippen LogP contribution in [0.15, 0.2) is 65.0 Å². The monoisotopic (exact) mass is 508 g/mol. The minimum Gasteiger partial charge on any atom is -0.326 e. The molecule has 9 nitrogen and oxygen atoms in total. The molecular weight excluding hydrogens is 484 g/mol. The molecule has 0 aliphatic heterocycles. The maximum atomic E-state index is 12.4. The number of carbonyl (C=O) groups is 1. The van der Waals surface area contributed by atoms with Crippen molar-refractivity contribution in [2.75, 3.05) is 27.1 Å². The third-order valence-corrected chi connectivity index (χ3v) is 7.96. The fourth-order valence-corrected chi connectivity index (χ4v) is 5.72. The van der Waals surface area contributed by atoms with Gasteiger partial charge in [-0.05, 0) is 49.7 Å². The summed E-state index contributed by atoms with van der Waals surface area (Å²) in [5.41, 5.74) is 2.00. The molecule has 1 aromatic heterocycles.